The molecule has 0 aliphatic rings. The second-order valence-corrected chi connectivity index (χ2v) is 4.64. The summed E-state index contributed by atoms with van der Waals surface area (Å²) in [5.74, 6) is 1.19. The van der Waals surface area contributed by atoms with E-state index in [4.69, 9.17) is 5.73 Å². The lowest BCUT2D eigenvalue weighted by Crippen LogP contribution is -2.02. The number of hydrogen-bond donors (Lipinski definition) is 1. The summed E-state index contributed by atoms with van der Waals surface area (Å²) < 4.78 is 0. The minimum absolute atomic E-state index is 0.526. The van der Waals surface area contributed by atoms with Crippen LogP contribution in [0.25, 0.3) is 22.6 Å². The third kappa shape index (κ3) is 2.26. The topological polar surface area (TPSA) is 51.8 Å². The van der Waals surface area contributed by atoms with E-state index in [2.05, 4.69) is 9.97 Å². The van der Waals surface area contributed by atoms with Crippen LogP contribution in [0.15, 0.2) is 60.7 Å². The molecule has 3 heteroatoms. The molecule has 20 heavy (non-hydrogen) atoms. The van der Waals surface area contributed by atoms with Crippen molar-refractivity contribution in [1.82, 2.24) is 9.97 Å². The molecule has 0 fully saturated rings. The van der Waals surface area contributed by atoms with E-state index >= 15 is 0 Å². The second-order valence-electron chi connectivity index (χ2n) is 4.64. The van der Waals surface area contributed by atoms with Gasteiger partial charge in [0.1, 0.15) is 5.82 Å². The SMILES string of the molecule is Cc1c(N)nc(-c2ccccc2)nc1-c1ccccc1. The van der Waals surface area contributed by atoms with Gasteiger partial charge in [0, 0.05) is 16.7 Å². The number of benzene rings is 2. The average Bonchev–Trinajstić information content (AvgIpc) is 2.51. The second kappa shape index (κ2) is 5.13. The Bertz CT molecular complexity index is 722. The third-order valence-corrected chi connectivity index (χ3v) is 3.26. The molecule has 1 heterocycles. The smallest absolute Gasteiger partial charge is 0.162 e. The maximum atomic E-state index is 6.05. The number of hydrogen-bond acceptors (Lipinski definition) is 3. The molecule has 0 bridgehead atoms. The molecule has 3 rings (SSSR count). The predicted molar refractivity (Wildman–Crippen MR) is 82.1 cm³/mol. The number of aromatic nitrogens is 2. The van der Waals surface area contributed by atoms with Gasteiger partial charge in [0.25, 0.3) is 0 Å². The van der Waals surface area contributed by atoms with Gasteiger partial charge in [-0.25, -0.2) is 9.97 Å². The number of nitrogens with zero attached hydrogens (tertiary/aromatic N) is 2. The Morgan fingerprint density at radius 3 is 1.90 bits per heavy atom. The van der Waals surface area contributed by atoms with E-state index in [9.17, 15) is 0 Å². The summed E-state index contributed by atoms with van der Waals surface area (Å²) in [7, 11) is 0. The molecular weight excluding hydrogens is 246 g/mol. The molecule has 0 unspecified atom stereocenters. The minimum Gasteiger partial charge on any atom is -0.383 e. The summed E-state index contributed by atoms with van der Waals surface area (Å²) in [6.07, 6.45) is 0. The summed E-state index contributed by atoms with van der Waals surface area (Å²) in [6, 6.07) is 19.9. The van der Waals surface area contributed by atoms with Gasteiger partial charge in [0.05, 0.1) is 5.69 Å². The lowest BCUT2D eigenvalue weighted by molar-refractivity contribution is 1.15. The van der Waals surface area contributed by atoms with E-state index in [1.807, 2.05) is 67.6 Å². The van der Waals surface area contributed by atoms with Crippen molar-refractivity contribution >= 4 is 5.82 Å². The van der Waals surface area contributed by atoms with Crippen LogP contribution in [0.1, 0.15) is 5.56 Å². The molecule has 0 aliphatic carbocycles. The Hall–Kier alpha value is -2.68. The maximum Gasteiger partial charge on any atom is 0.162 e. The van der Waals surface area contributed by atoms with Crippen LogP contribution >= 0.6 is 0 Å². The molecule has 2 aromatic carbocycles. The van der Waals surface area contributed by atoms with Gasteiger partial charge >= 0.3 is 0 Å². The van der Waals surface area contributed by atoms with E-state index in [1.54, 1.807) is 0 Å². The molecule has 0 amide bonds. The van der Waals surface area contributed by atoms with Crippen LogP contribution in [-0.2, 0) is 0 Å². The van der Waals surface area contributed by atoms with Gasteiger partial charge in [-0.15, -0.1) is 0 Å². The quantitative estimate of drug-likeness (QED) is 0.765. The Balaban J connectivity index is 2.19. The van der Waals surface area contributed by atoms with Crippen molar-refractivity contribution in [3.63, 3.8) is 0 Å². The van der Waals surface area contributed by atoms with Crippen LogP contribution in [0.2, 0.25) is 0 Å². The Morgan fingerprint density at radius 2 is 1.30 bits per heavy atom. The van der Waals surface area contributed by atoms with Crippen molar-refractivity contribution in [2.24, 2.45) is 0 Å². The number of rotatable bonds is 2. The molecule has 1 aromatic heterocycles. The first kappa shape index (κ1) is 12.4. The van der Waals surface area contributed by atoms with Crippen molar-refractivity contribution < 1.29 is 0 Å². The lowest BCUT2D eigenvalue weighted by atomic mass is 10.1. The molecule has 3 nitrogen and oxygen atoms in total. The molecular formula is C17H15N3. The molecule has 3 aromatic rings. The lowest BCUT2D eigenvalue weighted by Gasteiger charge is -2.10. The highest BCUT2D eigenvalue weighted by Crippen LogP contribution is 2.27. The average molecular weight is 261 g/mol. The first-order valence-electron chi connectivity index (χ1n) is 6.50. The molecule has 98 valence electrons. The van der Waals surface area contributed by atoms with Gasteiger partial charge in [-0.2, -0.15) is 0 Å². The van der Waals surface area contributed by atoms with Crippen LogP contribution in [0.3, 0.4) is 0 Å². The van der Waals surface area contributed by atoms with Crippen molar-refractivity contribution in [3.05, 3.63) is 66.2 Å². The van der Waals surface area contributed by atoms with Crippen LogP contribution in [-0.4, -0.2) is 9.97 Å². The largest absolute Gasteiger partial charge is 0.383 e. The van der Waals surface area contributed by atoms with E-state index in [-0.39, 0.29) is 0 Å². The van der Waals surface area contributed by atoms with Gasteiger partial charge in [-0.3, -0.25) is 0 Å². The zero-order valence-corrected chi connectivity index (χ0v) is 11.2. The summed E-state index contributed by atoms with van der Waals surface area (Å²) in [4.78, 5) is 9.08. The molecule has 0 spiro atoms. The molecule has 0 radical (unpaired) electrons. The summed E-state index contributed by atoms with van der Waals surface area (Å²) in [6.45, 7) is 1.95. The van der Waals surface area contributed by atoms with E-state index in [1.165, 1.54) is 0 Å². The minimum atomic E-state index is 0.526. The van der Waals surface area contributed by atoms with Gasteiger partial charge < -0.3 is 5.73 Å². The van der Waals surface area contributed by atoms with Gasteiger partial charge in [-0.1, -0.05) is 60.7 Å². The van der Waals surface area contributed by atoms with Crippen molar-refractivity contribution in [3.8, 4) is 22.6 Å². The normalized spacial score (nSPS) is 10.4. The third-order valence-electron chi connectivity index (χ3n) is 3.26. The fourth-order valence-electron chi connectivity index (χ4n) is 2.13. The van der Waals surface area contributed by atoms with Crippen LogP contribution < -0.4 is 5.73 Å². The first-order valence-corrected chi connectivity index (χ1v) is 6.50. The van der Waals surface area contributed by atoms with Gasteiger partial charge in [-0.05, 0) is 6.92 Å². The molecule has 0 atom stereocenters. The summed E-state index contributed by atoms with van der Waals surface area (Å²) in [5, 5.41) is 0. The number of nitrogen functional groups attached to an aromatic ring is 1. The fourth-order valence-corrected chi connectivity index (χ4v) is 2.13. The van der Waals surface area contributed by atoms with Gasteiger partial charge in [0.15, 0.2) is 5.82 Å². The molecule has 0 saturated carbocycles. The first-order chi connectivity index (χ1) is 9.75. The van der Waals surface area contributed by atoms with Crippen molar-refractivity contribution in [2.45, 2.75) is 6.92 Å². The standard InChI is InChI=1S/C17H15N3/c1-12-15(13-8-4-2-5-9-13)19-17(20-16(12)18)14-10-6-3-7-11-14/h2-11H,1H3,(H2,18,19,20). The van der Waals surface area contributed by atoms with Crippen LogP contribution in [0.4, 0.5) is 5.82 Å². The highest BCUT2D eigenvalue weighted by Gasteiger charge is 2.11. The zero-order valence-electron chi connectivity index (χ0n) is 11.2. The highest BCUT2D eigenvalue weighted by atomic mass is 15.0. The Labute approximate surface area is 118 Å². The zero-order chi connectivity index (χ0) is 13.9. The van der Waals surface area contributed by atoms with Crippen molar-refractivity contribution in [1.29, 1.82) is 0 Å². The van der Waals surface area contributed by atoms with Gasteiger partial charge in [0.2, 0.25) is 0 Å². The summed E-state index contributed by atoms with van der Waals surface area (Å²) in [5.41, 5.74) is 9.86. The van der Waals surface area contributed by atoms with E-state index in [0.717, 1.165) is 22.4 Å². The maximum absolute atomic E-state index is 6.05. The van der Waals surface area contributed by atoms with Crippen LogP contribution in [0, 0.1) is 6.92 Å². The molecule has 0 saturated heterocycles. The van der Waals surface area contributed by atoms with E-state index < -0.39 is 0 Å². The van der Waals surface area contributed by atoms with Crippen LogP contribution in [0.5, 0.6) is 0 Å². The predicted octanol–water partition coefficient (Wildman–Crippen LogP) is 3.70. The number of nitrogens with two attached hydrogens (primary N) is 1. The molecule has 2 N–H and O–H groups in total. The number of anilines is 1. The van der Waals surface area contributed by atoms with Crippen molar-refractivity contribution in [2.75, 3.05) is 5.73 Å². The fraction of sp³-hybridized carbons (Fsp3) is 0.0588. The van der Waals surface area contributed by atoms with E-state index in [0.29, 0.717) is 11.6 Å². The Kier molecular flexibility index (Phi) is 3.17. The Morgan fingerprint density at radius 1 is 0.750 bits per heavy atom. The monoisotopic (exact) mass is 261 g/mol. The molecule has 0 aliphatic heterocycles. The summed E-state index contributed by atoms with van der Waals surface area (Å²) >= 11 is 0. The highest BCUT2D eigenvalue weighted by molar-refractivity contribution is 5.70.